The third-order valence-corrected chi connectivity index (χ3v) is 5.12. The van der Waals surface area contributed by atoms with Crippen LogP contribution in [0.5, 0.6) is 0 Å². The predicted octanol–water partition coefficient (Wildman–Crippen LogP) is 2.79. The molecule has 1 aromatic heterocycles. The van der Waals surface area contributed by atoms with Gasteiger partial charge in [0.15, 0.2) is 0 Å². The highest BCUT2D eigenvalue weighted by atomic mass is 16.2. The van der Waals surface area contributed by atoms with E-state index in [1.165, 1.54) is 11.1 Å². The lowest BCUT2D eigenvalue weighted by Crippen LogP contribution is -2.55. The van der Waals surface area contributed by atoms with Crippen molar-refractivity contribution in [2.75, 3.05) is 19.6 Å². The summed E-state index contributed by atoms with van der Waals surface area (Å²) in [5.41, 5.74) is 3.57. The first-order valence-corrected chi connectivity index (χ1v) is 9.40. The molecule has 0 atom stereocenters. The monoisotopic (exact) mass is 360 g/mol. The van der Waals surface area contributed by atoms with Crippen LogP contribution in [-0.4, -0.2) is 40.4 Å². The molecule has 3 aromatic rings. The van der Waals surface area contributed by atoms with Crippen molar-refractivity contribution in [2.24, 2.45) is 5.92 Å². The van der Waals surface area contributed by atoms with Crippen molar-refractivity contribution in [2.45, 2.75) is 12.5 Å². The van der Waals surface area contributed by atoms with Gasteiger partial charge in [-0.05, 0) is 11.1 Å². The van der Waals surface area contributed by atoms with E-state index in [1.807, 2.05) is 12.1 Å². The molecule has 2 N–H and O–H groups in total. The van der Waals surface area contributed by atoms with Crippen molar-refractivity contribution in [1.29, 1.82) is 0 Å². The van der Waals surface area contributed by atoms with E-state index in [0.717, 1.165) is 25.2 Å². The molecule has 27 heavy (non-hydrogen) atoms. The standard InChI is InChI=1S/C22H24N4O/c27-22(24-12-11-20-13-23-16-25-20)19-14-26(15-19)21(17-7-3-1-4-8-17)18-9-5-2-6-10-18/h1-10,13,16,19,21H,11-12,14-15H2,(H,23,25)(H,24,27). The summed E-state index contributed by atoms with van der Waals surface area (Å²) in [6.07, 6.45) is 4.23. The van der Waals surface area contributed by atoms with E-state index in [9.17, 15) is 4.79 Å². The Kier molecular flexibility index (Phi) is 5.30. The maximum Gasteiger partial charge on any atom is 0.225 e. The Morgan fingerprint density at radius 2 is 1.70 bits per heavy atom. The van der Waals surface area contributed by atoms with Gasteiger partial charge in [0, 0.05) is 37.9 Å². The van der Waals surface area contributed by atoms with Crippen LogP contribution in [0.3, 0.4) is 0 Å². The maximum atomic E-state index is 12.4. The summed E-state index contributed by atoms with van der Waals surface area (Å²) in [7, 11) is 0. The molecular formula is C22H24N4O. The number of aromatic nitrogens is 2. The van der Waals surface area contributed by atoms with E-state index >= 15 is 0 Å². The number of benzene rings is 2. The summed E-state index contributed by atoms with van der Waals surface area (Å²) >= 11 is 0. The Bertz CT molecular complexity index is 803. The molecule has 1 saturated heterocycles. The first-order valence-electron chi connectivity index (χ1n) is 9.40. The molecule has 1 aliphatic rings. The summed E-state index contributed by atoms with van der Waals surface area (Å²) in [5.74, 6) is 0.201. The summed E-state index contributed by atoms with van der Waals surface area (Å²) in [5, 5.41) is 3.05. The fourth-order valence-electron chi connectivity index (χ4n) is 3.66. The number of hydrogen-bond acceptors (Lipinski definition) is 3. The summed E-state index contributed by atoms with van der Waals surface area (Å²) in [6, 6.07) is 21.2. The minimum Gasteiger partial charge on any atom is -0.355 e. The first kappa shape index (κ1) is 17.5. The van der Waals surface area contributed by atoms with Crippen LogP contribution >= 0.6 is 0 Å². The second kappa shape index (κ2) is 8.18. The molecule has 1 fully saturated rings. The number of likely N-dealkylation sites (tertiary alicyclic amines) is 1. The van der Waals surface area contributed by atoms with E-state index in [2.05, 4.69) is 68.7 Å². The van der Waals surface area contributed by atoms with Crippen molar-refractivity contribution in [1.82, 2.24) is 20.2 Å². The van der Waals surface area contributed by atoms with Crippen molar-refractivity contribution >= 4 is 5.91 Å². The molecule has 0 radical (unpaired) electrons. The number of aromatic amines is 1. The van der Waals surface area contributed by atoms with Crippen LogP contribution in [0.4, 0.5) is 0 Å². The van der Waals surface area contributed by atoms with Crippen LogP contribution in [0, 0.1) is 5.92 Å². The Labute approximate surface area is 159 Å². The molecule has 2 aromatic carbocycles. The highest BCUT2D eigenvalue weighted by Crippen LogP contribution is 2.34. The van der Waals surface area contributed by atoms with Gasteiger partial charge in [0.1, 0.15) is 0 Å². The molecule has 5 nitrogen and oxygen atoms in total. The molecule has 0 spiro atoms. The average Bonchev–Trinajstić information content (AvgIpc) is 3.19. The number of imidazole rings is 1. The molecular weight excluding hydrogens is 336 g/mol. The van der Waals surface area contributed by atoms with Gasteiger partial charge in [-0.15, -0.1) is 0 Å². The van der Waals surface area contributed by atoms with Gasteiger partial charge in [-0.1, -0.05) is 60.7 Å². The fourth-order valence-corrected chi connectivity index (χ4v) is 3.66. The van der Waals surface area contributed by atoms with Crippen molar-refractivity contribution in [3.63, 3.8) is 0 Å². The van der Waals surface area contributed by atoms with Crippen molar-refractivity contribution < 1.29 is 4.79 Å². The molecule has 138 valence electrons. The number of carbonyl (C=O) groups is 1. The number of carbonyl (C=O) groups excluding carboxylic acids is 1. The Balaban J connectivity index is 1.36. The summed E-state index contributed by atoms with van der Waals surface area (Å²) in [4.78, 5) is 21.9. The molecule has 1 aliphatic heterocycles. The van der Waals surface area contributed by atoms with Gasteiger partial charge < -0.3 is 10.3 Å². The quantitative estimate of drug-likeness (QED) is 0.681. The lowest BCUT2D eigenvalue weighted by Gasteiger charge is -2.44. The SMILES string of the molecule is O=C(NCCc1cnc[nH]1)C1CN(C(c2ccccc2)c2ccccc2)C1. The van der Waals surface area contributed by atoms with Gasteiger partial charge >= 0.3 is 0 Å². The molecule has 5 heteroatoms. The number of nitrogens with zero attached hydrogens (tertiary/aromatic N) is 2. The lowest BCUT2D eigenvalue weighted by atomic mass is 9.90. The van der Waals surface area contributed by atoms with E-state index < -0.39 is 0 Å². The molecule has 0 aliphatic carbocycles. The second-order valence-electron chi connectivity index (χ2n) is 6.99. The average molecular weight is 360 g/mol. The molecule has 0 saturated carbocycles. The summed E-state index contributed by atoms with van der Waals surface area (Å²) < 4.78 is 0. The zero-order valence-corrected chi connectivity index (χ0v) is 15.2. The van der Waals surface area contributed by atoms with E-state index in [1.54, 1.807) is 12.5 Å². The van der Waals surface area contributed by atoms with E-state index in [-0.39, 0.29) is 17.9 Å². The minimum atomic E-state index is 0.0571. The van der Waals surface area contributed by atoms with E-state index in [4.69, 9.17) is 0 Å². The van der Waals surface area contributed by atoms with Gasteiger partial charge in [0.05, 0.1) is 18.3 Å². The van der Waals surface area contributed by atoms with Gasteiger partial charge in [-0.3, -0.25) is 9.69 Å². The zero-order chi connectivity index (χ0) is 18.5. The van der Waals surface area contributed by atoms with Gasteiger partial charge in [0.25, 0.3) is 0 Å². The minimum absolute atomic E-state index is 0.0571. The Hall–Kier alpha value is -2.92. The number of amides is 1. The van der Waals surface area contributed by atoms with Crippen molar-refractivity contribution in [3.05, 3.63) is 90.0 Å². The number of H-pyrrole nitrogens is 1. The molecule has 1 amide bonds. The highest BCUT2D eigenvalue weighted by Gasteiger charge is 2.37. The predicted molar refractivity (Wildman–Crippen MR) is 105 cm³/mol. The third-order valence-electron chi connectivity index (χ3n) is 5.12. The molecule has 0 bridgehead atoms. The lowest BCUT2D eigenvalue weighted by molar-refractivity contribution is -0.131. The zero-order valence-electron chi connectivity index (χ0n) is 15.2. The normalized spacial score (nSPS) is 14.9. The Morgan fingerprint density at radius 3 is 2.26 bits per heavy atom. The first-order chi connectivity index (χ1) is 13.3. The van der Waals surface area contributed by atoms with Crippen molar-refractivity contribution in [3.8, 4) is 0 Å². The van der Waals surface area contributed by atoms with Gasteiger partial charge in [-0.2, -0.15) is 0 Å². The van der Waals surface area contributed by atoms with Crippen LogP contribution in [0.1, 0.15) is 22.9 Å². The number of nitrogens with one attached hydrogen (secondary N) is 2. The van der Waals surface area contributed by atoms with Crippen LogP contribution in [0.2, 0.25) is 0 Å². The van der Waals surface area contributed by atoms with Crippen LogP contribution in [0.15, 0.2) is 73.2 Å². The summed E-state index contributed by atoms with van der Waals surface area (Å²) in [6.45, 7) is 2.20. The van der Waals surface area contributed by atoms with Crippen LogP contribution < -0.4 is 5.32 Å². The van der Waals surface area contributed by atoms with Crippen LogP contribution in [-0.2, 0) is 11.2 Å². The highest BCUT2D eigenvalue weighted by molar-refractivity contribution is 5.80. The smallest absolute Gasteiger partial charge is 0.225 e. The number of rotatable bonds is 7. The number of hydrogen-bond donors (Lipinski definition) is 2. The largest absolute Gasteiger partial charge is 0.355 e. The fraction of sp³-hybridized carbons (Fsp3) is 0.273. The van der Waals surface area contributed by atoms with Gasteiger partial charge in [-0.25, -0.2) is 4.98 Å². The topological polar surface area (TPSA) is 61.0 Å². The van der Waals surface area contributed by atoms with Crippen LogP contribution in [0.25, 0.3) is 0 Å². The molecule has 2 heterocycles. The Morgan fingerprint density at radius 1 is 1.07 bits per heavy atom. The second-order valence-corrected chi connectivity index (χ2v) is 6.99. The van der Waals surface area contributed by atoms with Gasteiger partial charge in [0.2, 0.25) is 5.91 Å². The maximum absolute atomic E-state index is 12.4. The molecule has 4 rings (SSSR count). The molecule has 0 unspecified atom stereocenters. The third kappa shape index (κ3) is 4.09. The van der Waals surface area contributed by atoms with E-state index in [0.29, 0.717) is 6.54 Å².